The largest absolute Gasteiger partial charge is 0.494 e. The van der Waals surface area contributed by atoms with Gasteiger partial charge in [-0.25, -0.2) is 0 Å². The van der Waals surface area contributed by atoms with E-state index in [4.69, 9.17) is 10.5 Å². The van der Waals surface area contributed by atoms with Crippen LogP contribution in [0.1, 0.15) is 18.9 Å². The van der Waals surface area contributed by atoms with E-state index in [-0.39, 0.29) is 0 Å². The first-order chi connectivity index (χ1) is 6.79. The summed E-state index contributed by atoms with van der Waals surface area (Å²) in [4.78, 5) is 0. The van der Waals surface area contributed by atoms with Crippen LogP contribution in [0.15, 0.2) is 22.7 Å². The number of hydrogen-bond acceptors (Lipinski definition) is 2. The number of halogens is 1. The quantitative estimate of drug-likeness (QED) is 0.881. The molecule has 0 unspecified atom stereocenters. The Kier molecular flexibility index (Phi) is 4.98. The lowest BCUT2D eigenvalue weighted by Gasteiger charge is -2.11. The van der Waals surface area contributed by atoms with Gasteiger partial charge in [-0.2, -0.15) is 0 Å². The highest BCUT2D eigenvalue weighted by Crippen LogP contribution is 2.27. The van der Waals surface area contributed by atoms with Crippen LogP contribution in [-0.2, 0) is 6.42 Å². The lowest BCUT2D eigenvalue weighted by molar-refractivity contribution is 0.336. The van der Waals surface area contributed by atoms with Crippen molar-refractivity contribution < 1.29 is 4.74 Å². The zero-order chi connectivity index (χ0) is 10.4. The summed E-state index contributed by atoms with van der Waals surface area (Å²) in [6.45, 7) is 3.41. The van der Waals surface area contributed by atoms with Crippen LogP contribution in [0, 0.1) is 0 Å². The zero-order valence-corrected chi connectivity index (χ0v) is 10.0. The summed E-state index contributed by atoms with van der Waals surface area (Å²) in [6.07, 6.45) is 1.95. The van der Waals surface area contributed by atoms with Crippen LogP contribution in [0.5, 0.6) is 5.75 Å². The van der Waals surface area contributed by atoms with E-state index in [1.807, 2.05) is 25.1 Å². The molecule has 14 heavy (non-hydrogen) atoms. The molecule has 0 amide bonds. The Bertz CT molecular complexity index is 289. The lowest BCUT2D eigenvalue weighted by atomic mass is 10.1. The molecule has 0 aromatic heterocycles. The standard InChI is InChI=1S/C11H16BrNO/c1-2-14-11-7-3-6-10(12)9(11)5-4-8-13/h3,6-7H,2,4-5,8,13H2,1H3. The Hall–Kier alpha value is -0.540. The van der Waals surface area contributed by atoms with Gasteiger partial charge >= 0.3 is 0 Å². The summed E-state index contributed by atoms with van der Waals surface area (Å²) < 4.78 is 6.65. The molecule has 2 N–H and O–H groups in total. The van der Waals surface area contributed by atoms with Crippen molar-refractivity contribution in [3.8, 4) is 5.75 Å². The van der Waals surface area contributed by atoms with Crippen LogP contribution in [-0.4, -0.2) is 13.2 Å². The molecule has 0 saturated heterocycles. The molecule has 0 radical (unpaired) electrons. The summed E-state index contributed by atoms with van der Waals surface area (Å²) in [5, 5.41) is 0. The molecular weight excluding hydrogens is 242 g/mol. The highest BCUT2D eigenvalue weighted by atomic mass is 79.9. The molecule has 0 saturated carbocycles. The molecule has 1 aromatic rings. The number of nitrogens with two attached hydrogens (primary N) is 1. The molecule has 0 spiro atoms. The minimum Gasteiger partial charge on any atom is -0.494 e. The smallest absolute Gasteiger partial charge is 0.123 e. The maximum absolute atomic E-state index is 5.54. The van der Waals surface area contributed by atoms with Crippen LogP contribution in [0.4, 0.5) is 0 Å². The van der Waals surface area contributed by atoms with Gasteiger partial charge in [-0.05, 0) is 38.4 Å². The van der Waals surface area contributed by atoms with E-state index in [0.717, 1.165) is 23.1 Å². The molecule has 0 aliphatic rings. The predicted molar refractivity (Wildman–Crippen MR) is 62.7 cm³/mol. The van der Waals surface area contributed by atoms with E-state index >= 15 is 0 Å². The Balaban J connectivity index is 2.84. The van der Waals surface area contributed by atoms with Crippen molar-refractivity contribution in [3.05, 3.63) is 28.2 Å². The molecule has 78 valence electrons. The summed E-state index contributed by atoms with van der Waals surface area (Å²) in [6, 6.07) is 6.02. The summed E-state index contributed by atoms with van der Waals surface area (Å²) in [5.74, 6) is 0.968. The van der Waals surface area contributed by atoms with Crippen molar-refractivity contribution in [2.75, 3.05) is 13.2 Å². The van der Waals surface area contributed by atoms with Crippen LogP contribution in [0.2, 0.25) is 0 Å². The van der Waals surface area contributed by atoms with E-state index in [0.29, 0.717) is 13.2 Å². The van der Waals surface area contributed by atoms with Gasteiger partial charge in [-0.3, -0.25) is 0 Å². The lowest BCUT2D eigenvalue weighted by Crippen LogP contribution is -2.03. The third kappa shape index (κ3) is 3.00. The fourth-order valence-electron chi connectivity index (χ4n) is 1.35. The minimum absolute atomic E-state index is 0.700. The van der Waals surface area contributed by atoms with E-state index in [9.17, 15) is 0 Å². The molecule has 0 atom stereocenters. The highest BCUT2D eigenvalue weighted by Gasteiger charge is 2.06. The molecule has 0 fully saturated rings. The van der Waals surface area contributed by atoms with Crippen molar-refractivity contribution in [2.45, 2.75) is 19.8 Å². The van der Waals surface area contributed by atoms with Crippen LogP contribution in [0.25, 0.3) is 0 Å². The number of rotatable bonds is 5. The van der Waals surface area contributed by atoms with Gasteiger partial charge in [0.1, 0.15) is 5.75 Å². The van der Waals surface area contributed by atoms with Crippen LogP contribution in [0.3, 0.4) is 0 Å². The van der Waals surface area contributed by atoms with E-state index in [1.54, 1.807) is 0 Å². The second kappa shape index (κ2) is 6.04. The molecule has 2 nitrogen and oxygen atoms in total. The third-order valence-corrected chi connectivity index (χ3v) is 2.75. The van der Waals surface area contributed by atoms with E-state index in [2.05, 4.69) is 15.9 Å². The highest BCUT2D eigenvalue weighted by molar-refractivity contribution is 9.10. The Morgan fingerprint density at radius 3 is 2.86 bits per heavy atom. The number of benzene rings is 1. The molecule has 0 aliphatic heterocycles. The molecule has 0 aliphatic carbocycles. The average molecular weight is 258 g/mol. The van der Waals surface area contributed by atoms with Gasteiger partial charge in [-0.15, -0.1) is 0 Å². The zero-order valence-electron chi connectivity index (χ0n) is 8.42. The first-order valence-corrected chi connectivity index (χ1v) is 5.69. The van der Waals surface area contributed by atoms with Gasteiger partial charge in [0.2, 0.25) is 0 Å². The number of hydrogen-bond donors (Lipinski definition) is 1. The van der Waals surface area contributed by atoms with Gasteiger partial charge in [0.05, 0.1) is 6.61 Å². The minimum atomic E-state index is 0.700. The molecule has 1 aromatic carbocycles. The van der Waals surface area contributed by atoms with Crippen molar-refractivity contribution in [2.24, 2.45) is 5.73 Å². The first kappa shape index (κ1) is 11.5. The second-order valence-corrected chi connectivity index (χ2v) is 3.90. The van der Waals surface area contributed by atoms with Gasteiger partial charge in [0.25, 0.3) is 0 Å². The Labute approximate surface area is 93.6 Å². The average Bonchev–Trinajstić information content (AvgIpc) is 2.18. The number of ether oxygens (including phenoxy) is 1. The van der Waals surface area contributed by atoms with Crippen molar-refractivity contribution in [3.63, 3.8) is 0 Å². The Morgan fingerprint density at radius 1 is 1.43 bits per heavy atom. The SMILES string of the molecule is CCOc1cccc(Br)c1CCCN. The summed E-state index contributed by atoms with van der Waals surface area (Å²) in [5.41, 5.74) is 6.72. The van der Waals surface area contributed by atoms with Crippen LogP contribution < -0.4 is 10.5 Å². The van der Waals surface area contributed by atoms with Gasteiger partial charge in [0, 0.05) is 10.0 Å². The molecule has 0 bridgehead atoms. The monoisotopic (exact) mass is 257 g/mol. The maximum Gasteiger partial charge on any atom is 0.123 e. The molecule has 0 heterocycles. The molecule has 3 heteroatoms. The molecular formula is C11H16BrNO. The topological polar surface area (TPSA) is 35.2 Å². The Morgan fingerprint density at radius 2 is 2.21 bits per heavy atom. The fourth-order valence-corrected chi connectivity index (χ4v) is 1.90. The van der Waals surface area contributed by atoms with Crippen molar-refractivity contribution in [1.29, 1.82) is 0 Å². The van der Waals surface area contributed by atoms with Crippen molar-refractivity contribution >= 4 is 15.9 Å². The summed E-state index contributed by atoms with van der Waals surface area (Å²) in [7, 11) is 0. The third-order valence-electron chi connectivity index (χ3n) is 2.01. The van der Waals surface area contributed by atoms with Crippen LogP contribution >= 0.6 is 15.9 Å². The maximum atomic E-state index is 5.54. The fraction of sp³-hybridized carbons (Fsp3) is 0.455. The predicted octanol–water partition coefficient (Wildman–Crippen LogP) is 2.74. The van der Waals surface area contributed by atoms with Gasteiger partial charge in [-0.1, -0.05) is 22.0 Å². The van der Waals surface area contributed by atoms with Gasteiger partial charge < -0.3 is 10.5 Å². The normalized spacial score (nSPS) is 10.2. The van der Waals surface area contributed by atoms with E-state index < -0.39 is 0 Å². The second-order valence-electron chi connectivity index (χ2n) is 3.04. The molecule has 1 rings (SSSR count). The summed E-state index contributed by atoms with van der Waals surface area (Å²) >= 11 is 3.53. The first-order valence-electron chi connectivity index (χ1n) is 4.89. The van der Waals surface area contributed by atoms with Gasteiger partial charge in [0.15, 0.2) is 0 Å². The van der Waals surface area contributed by atoms with E-state index in [1.165, 1.54) is 5.56 Å². The van der Waals surface area contributed by atoms with Crippen molar-refractivity contribution in [1.82, 2.24) is 0 Å².